The summed E-state index contributed by atoms with van der Waals surface area (Å²) in [6.07, 6.45) is 0. The Hall–Kier alpha value is -0.160. The lowest BCUT2D eigenvalue weighted by Crippen LogP contribution is -2.21. The highest BCUT2D eigenvalue weighted by Crippen LogP contribution is 2.36. The van der Waals surface area contributed by atoms with Crippen LogP contribution in [0.25, 0.3) is 0 Å². The Labute approximate surface area is 119 Å². The smallest absolute Gasteiger partial charge is 0.0704 e. The highest BCUT2D eigenvalue weighted by atomic mass is 79.9. The molecule has 0 aliphatic heterocycles. The van der Waals surface area contributed by atoms with E-state index in [4.69, 9.17) is 0 Å². The Morgan fingerprint density at radius 1 is 1.41 bits per heavy atom. The van der Waals surface area contributed by atoms with Gasteiger partial charge in [-0.3, -0.25) is 0 Å². The molecule has 2 heterocycles. The summed E-state index contributed by atoms with van der Waals surface area (Å²) in [4.78, 5) is 2.82. The van der Waals surface area contributed by atoms with Crippen molar-refractivity contribution in [3.63, 3.8) is 0 Å². The lowest BCUT2D eigenvalue weighted by molar-refractivity contribution is 0.636. The largest absolute Gasteiger partial charge is 0.306 e. The fourth-order valence-electron chi connectivity index (χ4n) is 1.97. The Balaban J connectivity index is 2.42. The minimum Gasteiger partial charge on any atom is -0.306 e. The van der Waals surface area contributed by atoms with Crippen LogP contribution in [0.1, 0.15) is 33.8 Å². The second-order valence-electron chi connectivity index (χ2n) is 4.02. The van der Waals surface area contributed by atoms with Crippen LogP contribution in [0, 0.1) is 13.8 Å². The van der Waals surface area contributed by atoms with Crippen molar-refractivity contribution in [2.24, 2.45) is 0 Å². The molecule has 0 aliphatic carbocycles. The van der Waals surface area contributed by atoms with E-state index in [2.05, 4.69) is 59.5 Å². The van der Waals surface area contributed by atoms with Crippen molar-refractivity contribution in [2.75, 3.05) is 6.54 Å². The normalized spacial score (nSPS) is 12.9. The van der Waals surface area contributed by atoms with Crippen molar-refractivity contribution in [3.8, 4) is 0 Å². The molecule has 0 fully saturated rings. The number of hydrogen-bond donors (Lipinski definition) is 1. The molecule has 0 saturated carbocycles. The molecule has 4 heteroatoms. The molecule has 2 aromatic rings. The molecular weight excluding hydrogens is 314 g/mol. The second kappa shape index (κ2) is 5.65. The van der Waals surface area contributed by atoms with Gasteiger partial charge in [0.1, 0.15) is 0 Å². The summed E-state index contributed by atoms with van der Waals surface area (Å²) < 4.78 is 1.21. The standard InChI is InChI=1S/C13H16BrNS2/c1-4-15-12(13-8(2)5-6-16-13)10-7-11(14)17-9(10)3/h5-7,12,15H,4H2,1-3H3. The number of hydrogen-bond acceptors (Lipinski definition) is 3. The minimum absolute atomic E-state index is 0.336. The van der Waals surface area contributed by atoms with E-state index in [1.807, 2.05) is 22.7 Å². The second-order valence-corrected chi connectivity index (χ2v) is 7.60. The Kier molecular flexibility index (Phi) is 4.42. The van der Waals surface area contributed by atoms with Crippen LogP contribution in [0.3, 0.4) is 0 Å². The third-order valence-corrected chi connectivity index (χ3v) is 5.46. The van der Waals surface area contributed by atoms with Gasteiger partial charge in [-0.25, -0.2) is 0 Å². The van der Waals surface area contributed by atoms with Crippen molar-refractivity contribution in [1.82, 2.24) is 5.32 Å². The average Bonchev–Trinajstić information content (AvgIpc) is 2.82. The summed E-state index contributed by atoms with van der Waals surface area (Å²) in [6, 6.07) is 4.77. The SMILES string of the molecule is CCNC(c1cc(Br)sc1C)c1sccc1C. The number of thiophene rings is 2. The summed E-state index contributed by atoms with van der Waals surface area (Å²) in [5, 5.41) is 5.76. The first-order valence-corrected chi connectivity index (χ1v) is 8.15. The Bertz CT molecular complexity index is 501. The molecule has 1 nitrogen and oxygen atoms in total. The molecule has 0 aromatic carbocycles. The first kappa shape index (κ1) is 13.3. The van der Waals surface area contributed by atoms with Gasteiger partial charge in [-0.15, -0.1) is 22.7 Å². The fraction of sp³-hybridized carbons (Fsp3) is 0.385. The molecule has 1 atom stereocenters. The number of rotatable bonds is 4. The molecule has 0 radical (unpaired) electrons. The quantitative estimate of drug-likeness (QED) is 0.842. The van der Waals surface area contributed by atoms with Gasteiger partial charge in [-0.05, 0) is 65.0 Å². The van der Waals surface area contributed by atoms with Gasteiger partial charge in [0.15, 0.2) is 0 Å². The molecule has 0 saturated heterocycles. The zero-order valence-corrected chi connectivity index (χ0v) is 13.4. The summed E-state index contributed by atoms with van der Waals surface area (Å²) in [7, 11) is 0. The van der Waals surface area contributed by atoms with Gasteiger partial charge in [-0.2, -0.15) is 0 Å². The highest BCUT2D eigenvalue weighted by Gasteiger charge is 2.20. The van der Waals surface area contributed by atoms with Crippen molar-refractivity contribution >= 4 is 38.6 Å². The summed E-state index contributed by atoms with van der Waals surface area (Å²) in [5.74, 6) is 0. The van der Waals surface area contributed by atoms with E-state index in [9.17, 15) is 0 Å². The van der Waals surface area contributed by atoms with Crippen molar-refractivity contribution < 1.29 is 0 Å². The van der Waals surface area contributed by atoms with Gasteiger partial charge in [0.05, 0.1) is 9.83 Å². The maximum atomic E-state index is 3.59. The van der Waals surface area contributed by atoms with Crippen LogP contribution in [0.15, 0.2) is 21.3 Å². The molecule has 0 bridgehead atoms. The minimum atomic E-state index is 0.336. The maximum Gasteiger partial charge on any atom is 0.0704 e. The molecular formula is C13H16BrNS2. The molecule has 0 aliphatic rings. The predicted octanol–water partition coefficient (Wildman–Crippen LogP) is 4.89. The molecule has 17 heavy (non-hydrogen) atoms. The van der Waals surface area contributed by atoms with Crippen LogP contribution < -0.4 is 5.32 Å². The predicted molar refractivity (Wildman–Crippen MR) is 81.3 cm³/mol. The van der Waals surface area contributed by atoms with E-state index in [-0.39, 0.29) is 0 Å². The molecule has 0 spiro atoms. The monoisotopic (exact) mass is 329 g/mol. The number of halogens is 1. The lowest BCUT2D eigenvalue weighted by atomic mass is 10.0. The topological polar surface area (TPSA) is 12.0 Å². The molecule has 2 rings (SSSR count). The van der Waals surface area contributed by atoms with Crippen LogP contribution >= 0.6 is 38.6 Å². The van der Waals surface area contributed by atoms with Crippen LogP contribution in [0.2, 0.25) is 0 Å². The van der Waals surface area contributed by atoms with Crippen molar-refractivity contribution in [2.45, 2.75) is 26.8 Å². The summed E-state index contributed by atoms with van der Waals surface area (Å²) in [5.41, 5.74) is 2.77. The molecule has 2 aromatic heterocycles. The lowest BCUT2D eigenvalue weighted by Gasteiger charge is -2.17. The van der Waals surface area contributed by atoms with Crippen LogP contribution in [-0.2, 0) is 0 Å². The van der Waals surface area contributed by atoms with E-state index >= 15 is 0 Å². The number of nitrogens with one attached hydrogen (secondary N) is 1. The van der Waals surface area contributed by atoms with Gasteiger partial charge in [0, 0.05) is 9.75 Å². The number of aryl methyl sites for hydroxylation is 2. The van der Waals surface area contributed by atoms with Crippen LogP contribution in [0.5, 0.6) is 0 Å². The molecule has 1 unspecified atom stereocenters. The fourth-order valence-corrected chi connectivity index (χ4v) is 4.74. The van der Waals surface area contributed by atoms with Crippen molar-refractivity contribution in [3.05, 3.63) is 42.2 Å². The average molecular weight is 330 g/mol. The van der Waals surface area contributed by atoms with Gasteiger partial charge >= 0.3 is 0 Å². The highest BCUT2D eigenvalue weighted by molar-refractivity contribution is 9.11. The Morgan fingerprint density at radius 3 is 2.65 bits per heavy atom. The third kappa shape index (κ3) is 2.81. The van der Waals surface area contributed by atoms with E-state index < -0.39 is 0 Å². The van der Waals surface area contributed by atoms with Gasteiger partial charge in [0.2, 0.25) is 0 Å². The van der Waals surface area contributed by atoms with Crippen molar-refractivity contribution in [1.29, 1.82) is 0 Å². The maximum absolute atomic E-state index is 3.59. The summed E-state index contributed by atoms with van der Waals surface area (Å²) >= 11 is 7.22. The van der Waals surface area contributed by atoms with Crippen LogP contribution in [-0.4, -0.2) is 6.54 Å². The molecule has 92 valence electrons. The van der Waals surface area contributed by atoms with E-state index in [0.717, 1.165) is 6.54 Å². The van der Waals surface area contributed by atoms with Gasteiger partial charge in [0.25, 0.3) is 0 Å². The summed E-state index contributed by atoms with van der Waals surface area (Å²) in [6.45, 7) is 7.52. The molecule has 1 N–H and O–H groups in total. The molecule has 0 amide bonds. The zero-order valence-electron chi connectivity index (χ0n) is 10.2. The first-order chi connectivity index (χ1) is 8.13. The van der Waals surface area contributed by atoms with Gasteiger partial charge < -0.3 is 5.32 Å². The zero-order chi connectivity index (χ0) is 12.4. The van der Waals surface area contributed by atoms with E-state index in [1.54, 1.807) is 0 Å². The van der Waals surface area contributed by atoms with Crippen LogP contribution in [0.4, 0.5) is 0 Å². The van der Waals surface area contributed by atoms with E-state index in [0.29, 0.717) is 6.04 Å². The first-order valence-electron chi connectivity index (χ1n) is 5.66. The van der Waals surface area contributed by atoms with E-state index in [1.165, 1.54) is 24.7 Å². The Morgan fingerprint density at radius 2 is 2.18 bits per heavy atom. The van der Waals surface area contributed by atoms with Gasteiger partial charge in [-0.1, -0.05) is 6.92 Å². The third-order valence-electron chi connectivity index (χ3n) is 2.81.